The minimum atomic E-state index is 0.00468. The number of ether oxygens (including phenoxy) is 1. The van der Waals surface area contributed by atoms with Crippen LogP contribution in [-0.4, -0.2) is 18.6 Å². The number of rotatable bonds is 8. The van der Waals surface area contributed by atoms with Crippen LogP contribution in [0.5, 0.6) is 5.75 Å². The van der Waals surface area contributed by atoms with Crippen molar-refractivity contribution in [3.63, 3.8) is 0 Å². The van der Waals surface area contributed by atoms with E-state index in [1.807, 2.05) is 32.0 Å². The summed E-state index contributed by atoms with van der Waals surface area (Å²) in [4.78, 5) is 11.8. The molecule has 0 aliphatic carbocycles. The molecule has 20 heavy (non-hydrogen) atoms. The Morgan fingerprint density at radius 1 is 1.45 bits per heavy atom. The highest BCUT2D eigenvalue weighted by atomic mass is 16.5. The number of anilines is 1. The third-order valence-corrected chi connectivity index (χ3v) is 3.07. The summed E-state index contributed by atoms with van der Waals surface area (Å²) in [5.74, 6) is 0.856. The van der Waals surface area contributed by atoms with Crippen LogP contribution in [-0.2, 0) is 4.79 Å². The molecular weight excluding hydrogens is 252 g/mol. The van der Waals surface area contributed by atoms with Crippen molar-refractivity contribution < 1.29 is 9.53 Å². The number of benzene rings is 1. The van der Waals surface area contributed by atoms with Crippen LogP contribution in [0, 0.1) is 6.92 Å². The van der Waals surface area contributed by atoms with E-state index in [2.05, 4.69) is 12.2 Å². The molecule has 4 nitrogen and oxygen atoms in total. The lowest BCUT2D eigenvalue weighted by molar-refractivity contribution is -0.116. The fourth-order valence-electron chi connectivity index (χ4n) is 1.77. The van der Waals surface area contributed by atoms with E-state index in [-0.39, 0.29) is 11.9 Å². The van der Waals surface area contributed by atoms with Gasteiger partial charge in [-0.25, -0.2) is 0 Å². The van der Waals surface area contributed by atoms with Gasteiger partial charge >= 0.3 is 0 Å². The lowest BCUT2D eigenvalue weighted by atomic mass is 10.1. The number of hydrogen-bond acceptors (Lipinski definition) is 3. The fourth-order valence-corrected chi connectivity index (χ4v) is 1.77. The maximum atomic E-state index is 11.8. The predicted molar refractivity (Wildman–Crippen MR) is 83.1 cm³/mol. The van der Waals surface area contributed by atoms with E-state index in [1.54, 1.807) is 0 Å². The van der Waals surface area contributed by atoms with Crippen LogP contribution in [0.1, 0.15) is 45.1 Å². The zero-order valence-corrected chi connectivity index (χ0v) is 12.7. The number of nitrogens with two attached hydrogens (primary N) is 1. The Morgan fingerprint density at radius 3 is 2.80 bits per heavy atom. The molecular formula is C16H26N2O2. The second kappa shape index (κ2) is 8.59. The smallest absolute Gasteiger partial charge is 0.224 e. The van der Waals surface area contributed by atoms with Crippen molar-refractivity contribution >= 4 is 11.6 Å². The van der Waals surface area contributed by atoms with Crippen molar-refractivity contribution in [3.8, 4) is 5.75 Å². The SMILES string of the molecule is CCCCOc1ccc(NC(=O)CCC(C)N)c(C)c1. The zero-order valence-electron chi connectivity index (χ0n) is 12.7. The van der Waals surface area contributed by atoms with Gasteiger partial charge in [-0.3, -0.25) is 4.79 Å². The van der Waals surface area contributed by atoms with Crippen molar-refractivity contribution in [2.75, 3.05) is 11.9 Å². The number of carbonyl (C=O) groups excluding carboxylic acids is 1. The van der Waals surface area contributed by atoms with E-state index >= 15 is 0 Å². The Kier molecular flexibility index (Phi) is 7.09. The van der Waals surface area contributed by atoms with Crippen LogP contribution in [0.2, 0.25) is 0 Å². The molecule has 0 saturated heterocycles. The first kappa shape index (κ1) is 16.5. The number of nitrogens with one attached hydrogen (secondary N) is 1. The summed E-state index contributed by atoms with van der Waals surface area (Å²) < 4.78 is 5.64. The van der Waals surface area contributed by atoms with Gasteiger partial charge < -0.3 is 15.8 Å². The molecule has 0 aromatic heterocycles. The van der Waals surface area contributed by atoms with Crippen LogP contribution in [0.3, 0.4) is 0 Å². The lowest BCUT2D eigenvalue weighted by Crippen LogP contribution is -2.19. The van der Waals surface area contributed by atoms with E-state index in [0.717, 1.165) is 36.4 Å². The Labute approximate surface area is 121 Å². The Hall–Kier alpha value is -1.55. The molecule has 0 saturated carbocycles. The third kappa shape index (κ3) is 6.06. The van der Waals surface area contributed by atoms with Crippen LogP contribution < -0.4 is 15.8 Å². The molecule has 1 unspecified atom stereocenters. The van der Waals surface area contributed by atoms with Crippen LogP contribution >= 0.6 is 0 Å². The quantitative estimate of drug-likeness (QED) is 0.717. The Morgan fingerprint density at radius 2 is 2.20 bits per heavy atom. The monoisotopic (exact) mass is 278 g/mol. The average Bonchev–Trinajstić information content (AvgIpc) is 2.40. The summed E-state index contributed by atoms with van der Waals surface area (Å²) in [6, 6.07) is 5.79. The van der Waals surface area contributed by atoms with Crippen molar-refractivity contribution in [1.82, 2.24) is 0 Å². The first-order chi connectivity index (χ1) is 9.52. The van der Waals surface area contributed by atoms with Crippen molar-refractivity contribution in [2.45, 2.75) is 52.5 Å². The van der Waals surface area contributed by atoms with Crippen molar-refractivity contribution in [1.29, 1.82) is 0 Å². The Bertz CT molecular complexity index is 430. The second-order valence-electron chi connectivity index (χ2n) is 5.24. The van der Waals surface area contributed by atoms with Gasteiger partial charge in [-0.15, -0.1) is 0 Å². The molecule has 0 fully saturated rings. The summed E-state index contributed by atoms with van der Waals surface area (Å²) in [7, 11) is 0. The maximum absolute atomic E-state index is 11.8. The summed E-state index contributed by atoms with van der Waals surface area (Å²) in [5.41, 5.74) is 7.49. The summed E-state index contributed by atoms with van der Waals surface area (Å²) >= 11 is 0. The van der Waals surface area contributed by atoms with Crippen molar-refractivity contribution in [3.05, 3.63) is 23.8 Å². The molecule has 1 atom stereocenters. The van der Waals surface area contributed by atoms with E-state index in [1.165, 1.54) is 0 Å². The highest BCUT2D eigenvalue weighted by Gasteiger charge is 2.07. The second-order valence-corrected chi connectivity index (χ2v) is 5.24. The third-order valence-electron chi connectivity index (χ3n) is 3.07. The molecule has 0 spiro atoms. The minimum absolute atomic E-state index is 0.00468. The highest BCUT2D eigenvalue weighted by Crippen LogP contribution is 2.21. The number of amides is 1. The molecule has 1 amide bonds. The zero-order chi connectivity index (χ0) is 15.0. The van der Waals surface area contributed by atoms with E-state index in [0.29, 0.717) is 12.8 Å². The van der Waals surface area contributed by atoms with E-state index in [9.17, 15) is 4.79 Å². The maximum Gasteiger partial charge on any atom is 0.224 e. The average molecular weight is 278 g/mol. The number of carbonyl (C=O) groups is 1. The van der Waals surface area contributed by atoms with E-state index in [4.69, 9.17) is 10.5 Å². The topological polar surface area (TPSA) is 64.3 Å². The molecule has 0 aliphatic heterocycles. The fraction of sp³-hybridized carbons (Fsp3) is 0.562. The normalized spacial score (nSPS) is 12.0. The molecule has 0 heterocycles. The van der Waals surface area contributed by atoms with Crippen LogP contribution in [0.4, 0.5) is 5.69 Å². The van der Waals surface area contributed by atoms with Gasteiger partial charge in [-0.05, 0) is 50.5 Å². The van der Waals surface area contributed by atoms with Crippen LogP contribution in [0.25, 0.3) is 0 Å². The van der Waals surface area contributed by atoms with Gasteiger partial charge in [0.15, 0.2) is 0 Å². The molecule has 0 bridgehead atoms. The standard InChI is InChI=1S/C16H26N2O2/c1-4-5-10-20-14-7-8-15(12(2)11-14)18-16(19)9-6-13(3)17/h7-8,11,13H,4-6,9-10,17H2,1-3H3,(H,18,19). The minimum Gasteiger partial charge on any atom is -0.494 e. The first-order valence-electron chi connectivity index (χ1n) is 7.31. The molecule has 1 aromatic carbocycles. The summed E-state index contributed by atoms with van der Waals surface area (Å²) in [6.07, 6.45) is 3.32. The molecule has 0 aliphatic rings. The van der Waals surface area contributed by atoms with Gasteiger partial charge in [0.25, 0.3) is 0 Å². The number of unbranched alkanes of at least 4 members (excludes halogenated alkanes) is 1. The lowest BCUT2D eigenvalue weighted by Gasteiger charge is -2.12. The molecule has 1 rings (SSSR count). The van der Waals surface area contributed by atoms with Gasteiger partial charge in [0.2, 0.25) is 5.91 Å². The van der Waals surface area contributed by atoms with Gasteiger partial charge in [0.1, 0.15) is 5.75 Å². The molecule has 4 heteroatoms. The molecule has 1 aromatic rings. The van der Waals surface area contributed by atoms with E-state index < -0.39 is 0 Å². The molecule has 112 valence electrons. The Balaban J connectivity index is 2.52. The van der Waals surface area contributed by atoms with Gasteiger partial charge in [0.05, 0.1) is 6.61 Å². The molecule has 3 N–H and O–H groups in total. The van der Waals surface area contributed by atoms with Gasteiger partial charge in [-0.2, -0.15) is 0 Å². The van der Waals surface area contributed by atoms with Gasteiger partial charge in [0, 0.05) is 18.2 Å². The van der Waals surface area contributed by atoms with Crippen LogP contribution in [0.15, 0.2) is 18.2 Å². The van der Waals surface area contributed by atoms with Gasteiger partial charge in [-0.1, -0.05) is 13.3 Å². The summed E-state index contributed by atoms with van der Waals surface area (Å²) in [6.45, 7) is 6.74. The number of hydrogen-bond donors (Lipinski definition) is 2. The van der Waals surface area contributed by atoms with Crippen molar-refractivity contribution in [2.24, 2.45) is 5.73 Å². The first-order valence-corrected chi connectivity index (χ1v) is 7.31. The summed E-state index contributed by atoms with van der Waals surface area (Å²) in [5, 5.41) is 2.91. The largest absolute Gasteiger partial charge is 0.494 e. The number of aryl methyl sites for hydroxylation is 1. The molecule has 0 radical (unpaired) electrons. The highest BCUT2D eigenvalue weighted by molar-refractivity contribution is 5.91. The predicted octanol–water partition coefficient (Wildman–Crippen LogP) is 3.24.